The van der Waals surface area contributed by atoms with E-state index in [9.17, 15) is 0 Å². The number of aromatic amines is 1. The van der Waals surface area contributed by atoms with Gasteiger partial charge in [0.25, 0.3) is 0 Å². The Bertz CT molecular complexity index is 487. The molecule has 80 valence electrons. The van der Waals surface area contributed by atoms with E-state index in [1.807, 2.05) is 31.2 Å². The number of thioether (sulfide) groups is 1. The third-order valence-corrected chi connectivity index (χ3v) is 3.68. The largest absolute Gasteiger partial charge is 0.349 e. The molecule has 0 aliphatic carbocycles. The Morgan fingerprint density at radius 1 is 1.20 bits per heavy atom. The number of halogens is 3. The Balaban J connectivity index is 2.49. The van der Waals surface area contributed by atoms with E-state index in [0.29, 0.717) is 0 Å². The van der Waals surface area contributed by atoms with E-state index < -0.39 is 3.12 Å². The van der Waals surface area contributed by atoms with Crippen LogP contribution in [0.1, 0.15) is 5.56 Å². The van der Waals surface area contributed by atoms with Crippen LogP contribution in [0, 0.1) is 6.92 Å². The molecule has 0 amide bonds. The number of benzene rings is 1. The predicted molar refractivity (Wildman–Crippen MR) is 69.2 cm³/mol. The highest BCUT2D eigenvalue weighted by molar-refractivity contribution is 8.04. The van der Waals surface area contributed by atoms with Gasteiger partial charge in [-0.15, -0.1) is 0 Å². The van der Waals surface area contributed by atoms with Crippen LogP contribution < -0.4 is 0 Å². The molecule has 1 nitrogen and oxygen atoms in total. The Labute approximate surface area is 107 Å². The van der Waals surface area contributed by atoms with Crippen molar-refractivity contribution in [3.63, 3.8) is 0 Å². The fourth-order valence-corrected chi connectivity index (χ4v) is 2.83. The van der Waals surface area contributed by atoms with Gasteiger partial charge in [-0.3, -0.25) is 0 Å². The van der Waals surface area contributed by atoms with Gasteiger partial charge >= 0.3 is 0 Å². The minimum Gasteiger partial charge on any atom is -0.349 e. The maximum atomic E-state index is 5.74. The van der Waals surface area contributed by atoms with Crippen LogP contribution in [0.15, 0.2) is 29.3 Å². The zero-order chi connectivity index (χ0) is 11.1. The topological polar surface area (TPSA) is 15.8 Å². The Morgan fingerprint density at radius 2 is 1.87 bits per heavy atom. The van der Waals surface area contributed by atoms with Crippen LogP contribution in [0.3, 0.4) is 0 Å². The Morgan fingerprint density at radius 3 is 2.47 bits per heavy atom. The first-order valence-corrected chi connectivity index (χ1v) is 6.25. The number of alkyl halides is 3. The van der Waals surface area contributed by atoms with Crippen molar-refractivity contribution < 1.29 is 0 Å². The van der Waals surface area contributed by atoms with Crippen molar-refractivity contribution in [3.8, 4) is 0 Å². The molecule has 0 bridgehead atoms. The molecule has 5 heteroatoms. The van der Waals surface area contributed by atoms with E-state index in [-0.39, 0.29) is 0 Å². The Hall–Kier alpha value is -0.0200. The first-order chi connectivity index (χ1) is 6.97. The average molecular weight is 281 g/mol. The van der Waals surface area contributed by atoms with Gasteiger partial charge in [0, 0.05) is 10.9 Å². The number of fused-ring (bicyclic) bond motifs is 1. The zero-order valence-corrected chi connectivity index (χ0v) is 10.9. The lowest BCUT2D eigenvalue weighted by Gasteiger charge is -2.08. The predicted octanol–water partition coefficient (Wildman–Crippen LogP) is 4.90. The van der Waals surface area contributed by atoms with Gasteiger partial charge in [0.05, 0.1) is 5.03 Å². The van der Waals surface area contributed by atoms with E-state index in [2.05, 4.69) is 4.98 Å². The summed E-state index contributed by atoms with van der Waals surface area (Å²) >= 11 is 18.4. The highest BCUT2D eigenvalue weighted by atomic mass is 35.6. The van der Waals surface area contributed by atoms with Crippen molar-refractivity contribution in [1.82, 2.24) is 4.98 Å². The molecule has 0 saturated heterocycles. The summed E-state index contributed by atoms with van der Waals surface area (Å²) < 4.78 is -1.33. The van der Waals surface area contributed by atoms with Crippen molar-refractivity contribution >= 4 is 57.5 Å². The number of hydrogen-bond donors (Lipinski definition) is 1. The summed E-state index contributed by atoms with van der Waals surface area (Å²) in [6.45, 7) is 2.01. The van der Waals surface area contributed by atoms with Gasteiger partial charge in [0.15, 0.2) is 0 Å². The minimum atomic E-state index is -1.33. The monoisotopic (exact) mass is 279 g/mol. The molecule has 15 heavy (non-hydrogen) atoms. The lowest BCUT2D eigenvalue weighted by Crippen LogP contribution is -1.93. The number of aromatic nitrogens is 1. The minimum absolute atomic E-state index is 0.899. The first-order valence-electron chi connectivity index (χ1n) is 4.30. The molecular formula is C10H8Cl3NS. The molecule has 2 rings (SSSR count). The zero-order valence-electron chi connectivity index (χ0n) is 7.85. The van der Waals surface area contributed by atoms with Gasteiger partial charge in [0.2, 0.25) is 3.12 Å². The lowest BCUT2D eigenvalue weighted by atomic mass is 10.2. The van der Waals surface area contributed by atoms with Crippen molar-refractivity contribution in [2.45, 2.75) is 15.1 Å². The van der Waals surface area contributed by atoms with Crippen LogP contribution in [-0.4, -0.2) is 8.11 Å². The van der Waals surface area contributed by atoms with Crippen LogP contribution >= 0.6 is 46.6 Å². The molecule has 0 saturated carbocycles. The van der Waals surface area contributed by atoms with Crippen molar-refractivity contribution in [3.05, 3.63) is 29.8 Å². The summed E-state index contributed by atoms with van der Waals surface area (Å²) in [6, 6.07) is 8.02. The molecule has 0 atom stereocenters. The third kappa shape index (κ3) is 2.56. The van der Waals surface area contributed by atoms with Gasteiger partial charge in [0.1, 0.15) is 0 Å². The van der Waals surface area contributed by atoms with E-state index in [0.717, 1.165) is 21.5 Å². The highest BCUT2D eigenvalue weighted by Gasteiger charge is 2.23. The number of H-pyrrole nitrogens is 1. The van der Waals surface area contributed by atoms with Crippen molar-refractivity contribution in [1.29, 1.82) is 0 Å². The molecule has 0 unspecified atom stereocenters. The normalized spacial score (nSPS) is 12.3. The molecule has 0 aliphatic heterocycles. The van der Waals surface area contributed by atoms with Crippen LogP contribution in [0.4, 0.5) is 0 Å². The van der Waals surface area contributed by atoms with E-state index in [1.165, 1.54) is 11.8 Å². The summed E-state index contributed by atoms with van der Waals surface area (Å²) in [5.41, 5.74) is 2.17. The average Bonchev–Trinajstić information content (AvgIpc) is 2.42. The number of para-hydroxylation sites is 1. The molecule has 1 aromatic carbocycles. The van der Waals surface area contributed by atoms with Gasteiger partial charge in [-0.2, -0.15) is 0 Å². The standard InChI is InChI=1S/C10H8Cl3NS/c1-6-7-4-2-3-5-8(7)14-9(6)15-10(11,12)13/h2-5,14H,1H3. The number of aryl methyl sites for hydroxylation is 1. The molecule has 2 aromatic rings. The smallest absolute Gasteiger partial charge is 0.243 e. The highest BCUT2D eigenvalue weighted by Crippen LogP contribution is 2.45. The summed E-state index contributed by atoms with van der Waals surface area (Å²) in [7, 11) is 0. The molecule has 0 spiro atoms. The summed E-state index contributed by atoms with van der Waals surface area (Å²) in [4.78, 5) is 3.23. The fourth-order valence-electron chi connectivity index (χ4n) is 1.48. The molecule has 1 heterocycles. The first kappa shape index (κ1) is 11.5. The second-order valence-electron chi connectivity index (χ2n) is 3.17. The van der Waals surface area contributed by atoms with Gasteiger partial charge < -0.3 is 4.98 Å². The van der Waals surface area contributed by atoms with Crippen LogP contribution in [0.25, 0.3) is 10.9 Å². The van der Waals surface area contributed by atoms with E-state index in [4.69, 9.17) is 34.8 Å². The molecule has 1 N–H and O–H groups in total. The van der Waals surface area contributed by atoms with Gasteiger partial charge in [-0.1, -0.05) is 64.8 Å². The summed E-state index contributed by atoms with van der Waals surface area (Å²) in [5, 5.41) is 2.06. The van der Waals surface area contributed by atoms with Crippen LogP contribution in [0.2, 0.25) is 0 Å². The number of hydrogen-bond acceptors (Lipinski definition) is 1. The second-order valence-corrected chi connectivity index (χ2v) is 7.35. The SMILES string of the molecule is Cc1c(SC(Cl)(Cl)Cl)[nH]c2ccccc12. The number of nitrogens with one attached hydrogen (secondary N) is 1. The molecule has 0 aliphatic rings. The van der Waals surface area contributed by atoms with Crippen LogP contribution in [0.5, 0.6) is 0 Å². The van der Waals surface area contributed by atoms with Crippen molar-refractivity contribution in [2.24, 2.45) is 0 Å². The quantitative estimate of drug-likeness (QED) is 0.580. The summed E-state index contributed by atoms with van der Waals surface area (Å²) in [6.07, 6.45) is 0. The van der Waals surface area contributed by atoms with Gasteiger partial charge in [-0.05, 0) is 18.6 Å². The van der Waals surface area contributed by atoms with E-state index in [1.54, 1.807) is 0 Å². The second kappa shape index (κ2) is 4.10. The van der Waals surface area contributed by atoms with E-state index >= 15 is 0 Å². The molecule has 0 fully saturated rings. The number of rotatable bonds is 1. The van der Waals surface area contributed by atoms with Crippen LogP contribution in [-0.2, 0) is 0 Å². The lowest BCUT2D eigenvalue weighted by molar-refractivity contribution is 1.18. The summed E-state index contributed by atoms with van der Waals surface area (Å²) in [5.74, 6) is 0. The third-order valence-electron chi connectivity index (χ3n) is 2.14. The fraction of sp³-hybridized carbons (Fsp3) is 0.200. The maximum absolute atomic E-state index is 5.74. The maximum Gasteiger partial charge on any atom is 0.243 e. The van der Waals surface area contributed by atoms with Gasteiger partial charge in [-0.25, -0.2) is 0 Å². The molecular weight excluding hydrogens is 273 g/mol. The Kier molecular flexibility index (Phi) is 3.13. The van der Waals surface area contributed by atoms with Crippen molar-refractivity contribution in [2.75, 3.05) is 0 Å². The molecule has 1 aromatic heterocycles. The molecule has 0 radical (unpaired) electrons.